The summed E-state index contributed by atoms with van der Waals surface area (Å²) in [5.41, 5.74) is 0.252. The second-order valence-electron chi connectivity index (χ2n) is 18.3. The van der Waals surface area contributed by atoms with Crippen molar-refractivity contribution >= 4 is 23.9 Å². The number of fused-ring (bicyclic) bond motifs is 6. The number of benzene rings is 2. The van der Waals surface area contributed by atoms with E-state index in [-0.39, 0.29) is 34.5 Å². The average Bonchev–Trinajstić information content (AvgIpc) is 3.10. The monoisotopic (exact) mass is 710 g/mol. The van der Waals surface area contributed by atoms with Gasteiger partial charge in [0.25, 0.3) is 0 Å². The Kier molecular flexibility index (Phi) is 8.82. The topological polar surface area (TPSA) is 127 Å². The fourth-order valence-corrected chi connectivity index (χ4v) is 12.4. The largest absolute Gasteiger partial charge is 0.481 e. The molecule has 2 aromatic carbocycles. The number of allylic oxidation sites excluding steroid dienone is 2. The van der Waals surface area contributed by atoms with Crippen molar-refractivity contribution in [2.24, 2.45) is 50.7 Å². The first kappa shape index (κ1) is 36.4. The second kappa shape index (κ2) is 12.6. The summed E-state index contributed by atoms with van der Waals surface area (Å²) in [4.78, 5) is 54.3. The van der Waals surface area contributed by atoms with Crippen LogP contribution in [0.5, 0.6) is 0 Å². The molecule has 8 heteroatoms. The van der Waals surface area contributed by atoms with Crippen molar-refractivity contribution in [2.75, 3.05) is 0 Å². The minimum absolute atomic E-state index is 0.0206. The van der Waals surface area contributed by atoms with Gasteiger partial charge in [0.2, 0.25) is 0 Å². The van der Waals surface area contributed by atoms with Gasteiger partial charge in [0.1, 0.15) is 11.5 Å². The molecule has 52 heavy (non-hydrogen) atoms. The molecule has 0 heterocycles. The van der Waals surface area contributed by atoms with E-state index in [1.165, 1.54) is 11.1 Å². The summed E-state index contributed by atoms with van der Waals surface area (Å²) in [6.07, 6.45) is 4.06. The Hall–Kier alpha value is -3.94. The van der Waals surface area contributed by atoms with Crippen molar-refractivity contribution in [1.29, 1.82) is 0 Å². The lowest BCUT2D eigenvalue weighted by Gasteiger charge is -2.67. The van der Waals surface area contributed by atoms with Crippen LogP contribution in [0.4, 0.5) is 0 Å². The maximum absolute atomic E-state index is 13.8. The molecule has 2 N–H and O–H groups in total. The Bertz CT molecular complexity index is 1800. The van der Waals surface area contributed by atoms with E-state index in [0.29, 0.717) is 36.8 Å². The van der Waals surface area contributed by atoms with Crippen molar-refractivity contribution in [3.05, 3.63) is 82.9 Å². The van der Waals surface area contributed by atoms with Crippen LogP contribution >= 0.6 is 0 Å². The van der Waals surface area contributed by atoms with Gasteiger partial charge in [-0.3, -0.25) is 9.59 Å². The highest BCUT2D eigenvalue weighted by molar-refractivity contribution is 5.91. The van der Waals surface area contributed by atoms with Crippen LogP contribution < -0.4 is 0 Å². The van der Waals surface area contributed by atoms with Crippen LogP contribution in [-0.4, -0.2) is 46.3 Å². The molecule has 7 rings (SSSR count). The van der Waals surface area contributed by atoms with E-state index in [4.69, 9.17) is 9.47 Å². The molecule has 8 nitrogen and oxygen atoms in total. The first-order chi connectivity index (χ1) is 24.5. The minimum Gasteiger partial charge on any atom is -0.481 e. The third kappa shape index (κ3) is 5.44. The van der Waals surface area contributed by atoms with Gasteiger partial charge in [-0.05, 0) is 129 Å². The molecule has 0 amide bonds. The number of hydrogen-bond acceptors (Lipinski definition) is 6. The van der Waals surface area contributed by atoms with Crippen LogP contribution in [0.25, 0.3) is 0 Å². The number of carboxylic acids is 2. The van der Waals surface area contributed by atoms with Gasteiger partial charge in [0.05, 0.1) is 16.5 Å². The summed E-state index contributed by atoms with van der Waals surface area (Å²) in [6.45, 7) is 13.0. The highest BCUT2D eigenvalue weighted by Gasteiger charge is 2.71. The Balaban J connectivity index is 1.32. The first-order valence-electron chi connectivity index (χ1n) is 19.2. The van der Waals surface area contributed by atoms with Gasteiger partial charge in [0.15, 0.2) is 6.10 Å². The predicted molar refractivity (Wildman–Crippen MR) is 195 cm³/mol. The maximum Gasteiger partial charge on any atom is 0.338 e. The number of ether oxygens (including phenoxy) is 2. The maximum atomic E-state index is 13.8. The molecule has 5 aliphatic carbocycles. The molecule has 10 atom stereocenters. The van der Waals surface area contributed by atoms with Crippen LogP contribution in [-0.2, 0) is 19.1 Å². The van der Waals surface area contributed by atoms with Crippen LogP contribution in [0, 0.1) is 50.7 Å². The van der Waals surface area contributed by atoms with E-state index in [9.17, 15) is 29.4 Å². The van der Waals surface area contributed by atoms with Gasteiger partial charge in [-0.25, -0.2) is 9.59 Å². The number of carbonyl (C=O) groups excluding carboxylic acids is 2. The van der Waals surface area contributed by atoms with Gasteiger partial charge in [0, 0.05) is 0 Å². The standard InChI is InChI=1S/C44H54O8/c1-26-23-33-41(4,29-17-20-44(39(49)50)22-21-40(2,3)24-30(44)34(26)29)19-18-32-42(33,5)25-31(51-36(45)27-13-9-7-10-14-27)35(43(32,6)38(47)48)52-37(46)28-15-11-8-12-16-28/h7-16,26,30-33,35H,17-25H2,1-6H3,(H,47,48)(H,49,50)/t26?,30?,31?,32?,33?,35?,41?,42?,43-,44?/m0/s1. The second-order valence-corrected chi connectivity index (χ2v) is 18.3. The molecule has 0 radical (unpaired) electrons. The Labute approximate surface area is 307 Å². The van der Waals surface area contributed by atoms with E-state index in [2.05, 4.69) is 34.6 Å². The third-order valence-electron chi connectivity index (χ3n) is 15.0. The number of esters is 2. The third-order valence-corrected chi connectivity index (χ3v) is 15.0. The first-order valence-corrected chi connectivity index (χ1v) is 19.2. The van der Waals surface area contributed by atoms with E-state index in [1.54, 1.807) is 61.5 Å². The number of hydrogen-bond donors (Lipinski definition) is 2. The Morgan fingerprint density at radius 3 is 1.88 bits per heavy atom. The van der Waals surface area contributed by atoms with E-state index in [1.807, 2.05) is 6.07 Å². The molecule has 278 valence electrons. The predicted octanol–water partition coefficient (Wildman–Crippen LogP) is 9.00. The number of carbonyl (C=O) groups is 4. The Morgan fingerprint density at radius 2 is 1.31 bits per heavy atom. The van der Waals surface area contributed by atoms with Crippen molar-refractivity contribution in [1.82, 2.24) is 0 Å². The molecule has 0 bridgehead atoms. The molecule has 3 saturated carbocycles. The van der Waals surface area contributed by atoms with E-state index >= 15 is 0 Å². The number of carboxylic acid groups (broad SMARTS) is 2. The Morgan fingerprint density at radius 1 is 0.712 bits per heavy atom. The van der Waals surface area contributed by atoms with Crippen LogP contribution in [0.2, 0.25) is 0 Å². The van der Waals surface area contributed by atoms with Crippen LogP contribution in [0.1, 0.15) is 120 Å². The highest BCUT2D eigenvalue weighted by Crippen LogP contribution is 2.73. The van der Waals surface area contributed by atoms with Crippen molar-refractivity contribution in [2.45, 2.75) is 112 Å². The fourth-order valence-electron chi connectivity index (χ4n) is 12.4. The molecule has 0 aliphatic heterocycles. The van der Waals surface area contributed by atoms with Crippen LogP contribution in [0.15, 0.2) is 71.8 Å². The number of rotatable bonds is 6. The minimum atomic E-state index is -1.56. The lowest BCUT2D eigenvalue weighted by atomic mass is 9.37. The van der Waals surface area contributed by atoms with Crippen molar-refractivity contribution in [3.8, 4) is 0 Å². The SMILES string of the molecule is CC1CC2C(C)(CCC3C2(C)CC(OC(=O)c2ccccc2)C(OC(=O)c2ccccc2)[C@@]3(C)C(=O)O)C2=C1C1CC(C)(C)CCC1(C(=O)O)CC2. The van der Waals surface area contributed by atoms with E-state index < -0.39 is 52.3 Å². The highest BCUT2D eigenvalue weighted by atomic mass is 16.6. The molecule has 5 aliphatic rings. The van der Waals surface area contributed by atoms with Gasteiger partial charge in [-0.15, -0.1) is 0 Å². The summed E-state index contributed by atoms with van der Waals surface area (Å²) in [7, 11) is 0. The van der Waals surface area contributed by atoms with Gasteiger partial charge in [-0.1, -0.05) is 82.2 Å². The van der Waals surface area contributed by atoms with E-state index in [0.717, 1.165) is 32.1 Å². The summed E-state index contributed by atoms with van der Waals surface area (Å²) < 4.78 is 12.5. The lowest BCUT2D eigenvalue weighted by molar-refractivity contribution is -0.225. The molecule has 9 unspecified atom stereocenters. The van der Waals surface area contributed by atoms with Crippen molar-refractivity contribution in [3.63, 3.8) is 0 Å². The zero-order valence-electron chi connectivity index (χ0n) is 31.4. The normalized spacial score (nSPS) is 39.1. The average molecular weight is 711 g/mol. The number of aliphatic carboxylic acids is 2. The molecule has 0 aromatic heterocycles. The molecule has 0 saturated heterocycles. The smallest absolute Gasteiger partial charge is 0.338 e. The van der Waals surface area contributed by atoms with Gasteiger partial charge >= 0.3 is 23.9 Å². The van der Waals surface area contributed by atoms with Crippen molar-refractivity contribution < 1.29 is 38.9 Å². The molecule has 2 aromatic rings. The van der Waals surface area contributed by atoms with Gasteiger partial charge in [-0.2, -0.15) is 0 Å². The zero-order valence-corrected chi connectivity index (χ0v) is 31.4. The molecular formula is C44H54O8. The zero-order chi connectivity index (χ0) is 37.4. The molecule has 0 spiro atoms. The quantitative estimate of drug-likeness (QED) is 0.225. The summed E-state index contributed by atoms with van der Waals surface area (Å²) in [5, 5.41) is 22.0. The summed E-state index contributed by atoms with van der Waals surface area (Å²) >= 11 is 0. The van der Waals surface area contributed by atoms with Crippen LogP contribution in [0.3, 0.4) is 0 Å². The fraction of sp³-hybridized carbons (Fsp3) is 0.591. The summed E-state index contributed by atoms with van der Waals surface area (Å²) in [5.74, 6) is -3.20. The summed E-state index contributed by atoms with van der Waals surface area (Å²) in [6, 6.07) is 17.2. The molecule has 3 fully saturated rings. The molecular weight excluding hydrogens is 656 g/mol. The van der Waals surface area contributed by atoms with Gasteiger partial charge < -0.3 is 19.7 Å². The lowest BCUT2D eigenvalue weighted by Crippen LogP contribution is -2.68.